The first-order valence-electron chi connectivity index (χ1n) is 14.0. The van der Waals surface area contributed by atoms with Crippen LogP contribution in [0.1, 0.15) is 68.6 Å². The van der Waals surface area contributed by atoms with Gasteiger partial charge in [0.1, 0.15) is 6.04 Å². The van der Waals surface area contributed by atoms with Gasteiger partial charge in [0.15, 0.2) is 15.0 Å². The predicted octanol–water partition coefficient (Wildman–Crippen LogP) is 5.44. The number of thiazole rings is 1. The third-order valence-electron chi connectivity index (χ3n) is 8.26. The number of aromatic nitrogens is 1. The van der Waals surface area contributed by atoms with Gasteiger partial charge < -0.3 is 5.32 Å². The lowest BCUT2D eigenvalue weighted by Gasteiger charge is -2.42. The Morgan fingerprint density at radius 1 is 1.15 bits per heavy atom. The van der Waals surface area contributed by atoms with E-state index in [-0.39, 0.29) is 53.3 Å². The van der Waals surface area contributed by atoms with E-state index < -0.39 is 22.1 Å². The van der Waals surface area contributed by atoms with E-state index in [1.807, 2.05) is 0 Å². The Hall–Kier alpha value is -2.02. The number of halogens is 3. The van der Waals surface area contributed by atoms with E-state index in [9.17, 15) is 26.4 Å². The van der Waals surface area contributed by atoms with Crippen LogP contribution >= 0.6 is 11.3 Å². The van der Waals surface area contributed by atoms with E-state index in [1.165, 1.54) is 23.5 Å². The second-order valence-electron chi connectivity index (χ2n) is 11.6. The number of nitrogens with one attached hydrogen (secondary N) is 1. The number of benzene rings is 1. The summed E-state index contributed by atoms with van der Waals surface area (Å²) in [6.07, 6.45) is -1.61. The summed E-state index contributed by atoms with van der Waals surface area (Å²) in [5.74, 6) is 0.246. The van der Waals surface area contributed by atoms with Crippen LogP contribution in [0.5, 0.6) is 0 Å². The standard InChI is InChI=1S/C28H37F3N4O3S2/c1-4-40(37,38)21-10-5-18(6-11-21)13-24(36)32-27-33-25-22(39-27)16-34(26(25)17(2)3)14-19-7-12-23(28(29,30)31)35(15-19)20-8-9-20/h5-6,10-11,17,19-20,23,26H,4,7-9,12-16H2,1-3H3,(H,32,33,36)/t19-,23?,26?/m0/s1. The smallest absolute Gasteiger partial charge is 0.302 e. The number of carbonyl (C=O) groups excluding carboxylic acids is 1. The molecule has 0 radical (unpaired) electrons. The average molecular weight is 599 g/mol. The van der Waals surface area contributed by atoms with Gasteiger partial charge in [0.2, 0.25) is 5.91 Å². The Bertz CT molecular complexity index is 1320. The number of rotatable bonds is 9. The molecule has 1 saturated carbocycles. The molecule has 40 heavy (non-hydrogen) atoms. The molecule has 3 heterocycles. The first-order valence-corrected chi connectivity index (χ1v) is 16.5. The Kier molecular flexibility index (Phi) is 8.35. The summed E-state index contributed by atoms with van der Waals surface area (Å²) in [6.45, 7) is 7.76. The van der Waals surface area contributed by atoms with Crippen molar-refractivity contribution in [3.8, 4) is 0 Å². The zero-order valence-electron chi connectivity index (χ0n) is 23.1. The van der Waals surface area contributed by atoms with Crippen molar-refractivity contribution in [1.82, 2.24) is 14.8 Å². The third kappa shape index (κ3) is 6.39. The van der Waals surface area contributed by atoms with Crippen LogP contribution in [0, 0.1) is 11.8 Å². The molecule has 2 unspecified atom stereocenters. The number of hydrogen-bond acceptors (Lipinski definition) is 7. The molecule has 3 atom stereocenters. The maximum absolute atomic E-state index is 13.6. The Labute approximate surface area is 238 Å². The lowest BCUT2D eigenvalue weighted by atomic mass is 9.90. The summed E-state index contributed by atoms with van der Waals surface area (Å²) in [5.41, 5.74) is 1.66. The number of alkyl halides is 3. The fourth-order valence-corrected chi connectivity index (χ4v) is 8.11. The molecule has 220 valence electrons. The normalized spacial score (nSPS) is 24.4. The van der Waals surface area contributed by atoms with Gasteiger partial charge in [-0.05, 0) is 55.2 Å². The van der Waals surface area contributed by atoms with Gasteiger partial charge in [0.05, 0.1) is 28.8 Å². The number of carbonyl (C=O) groups is 1. The molecular formula is C28H37F3N4O3S2. The van der Waals surface area contributed by atoms with Crippen molar-refractivity contribution in [3.05, 3.63) is 40.4 Å². The number of sulfone groups is 1. The van der Waals surface area contributed by atoms with Gasteiger partial charge in [-0.25, -0.2) is 13.4 Å². The molecule has 1 aromatic heterocycles. The molecule has 2 aromatic rings. The van der Waals surface area contributed by atoms with Crippen molar-refractivity contribution in [2.24, 2.45) is 11.8 Å². The monoisotopic (exact) mass is 598 g/mol. The minimum atomic E-state index is -4.17. The van der Waals surface area contributed by atoms with Crippen LogP contribution in [0.25, 0.3) is 0 Å². The highest BCUT2D eigenvalue weighted by molar-refractivity contribution is 7.91. The van der Waals surface area contributed by atoms with E-state index in [0.29, 0.717) is 30.2 Å². The molecular weight excluding hydrogens is 561 g/mol. The highest BCUT2D eigenvalue weighted by Gasteiger charge is 2.50. The molecule has 1 aromatic carbocycles. The first kappa shape index (κ1) is 29.5. The molecule has 12 heteroatoms. The molecule has 0 bridgehead atoms. The molecule has 7 nitrogen and oxygen atoms in total. The number of piperidine rings is 1. The van der Waals surface area contributed by atoms with Crippen LogP contribution in [-0.2, 0) is 27.6 Å². The minimum Gasteiger partial charge on any atom is -0.302 e. The lowest BCUT2D eigenvalue weighted by molar-refractivity contribution is -0.197. The maximum atomic E-state index is 13.6. The van der Waals surface area contributed by atoms with Gasteiger partial charge in [-0.1, -0.05) is 32.9 Å². The Morgan fingerprint density at radius 3 is 2.45 bits per heavy atom. The summed E-state index contributed by atoms with van der Waals surface area (Å²) in [5, 5.41) is 3.43. The number of fused-ring (bicyclic) bond motifs is 1. The molecule has 0 spiro atoms. The molecule has 2 aliphatic heterocycles. The van der Waals surface area contributed by atoms with Gasteiger partial charge in [0.25, 0.3) is 0 Å². The fraction of sp³-hybridized carbons (Fsp3) is 0.643. The summed E-state index contributed by atoms with van der Waals surface area (Å²) in [6, 6.07) is 5.19. The van der Waals surface area contributed by atoms with E-state index >= 15 is 0 Å². The van der Waals surface area contributed by atoms with E-state index in [1.54, 1.807) is 24.0 Å². The van der Waals surface area contributed by atoms with E-state index in [0.717, 1.165) is 30.0 Å². The summed E-state index contributed by atoms with van der Waals surface area (Å²) in [4.78, 5) is 22.9. The molecule has 2 fully saturated rings. The largest absolute Gasteiger partial charge is 0.404 e. The van der Waals surface area contributed by atoms with Crippen molar-refractivity contribution in [2.45, 2.75) is 88.6 Å². The van der Waals surface area contributed by atoms with E-state index in [4.69, 9.17) is 4.98 Å². The zero-order valence-corrected chi connectivity index (χ0v) is 24.7. The van der Waals surface area contributed by atoms with Crippen LogP contribution in [0.4, 0.5) is 18.3 Å². The quantitative estimate of drug-likeness (QED) is 0.414. The van der Waals surface area contributed by atoms with Crippen molar-refractivity contribution >= 4 is 32.2 Å². The van der Waals surface area contributed by atoms with Crippen molar-refractivity contribution in [2.75, 3.05) is 24.2 Å². The molecule has 1 aliphatic carbocycles. The maximum Gasteiger partial charge on any atom is 0.404 e. The third-order valence-corrected chi connectivity index (χ3v) is 11.0. The topological polar surface area (TPSA) is 82.6 Å². The van der Waals surface area contributed by atoms with Crippen LogP contribution < -0.4 is 5.32 Å². The summed E-state index contributed by atoms with van der Waals surface area (Å²) in [7, 11) is -3.29. The summed E-state index contributed by atoms with van der Waals surface area (Å²) < 4.78 is 64.9. The number of amides is 1. The number of hydrogen-bond donors (Lipinski definition) is 1. The average Bonchev–Trinajstić information content (AvgIpc) is 3.58. The summed E-state index contributed by atoms with van der Waals surface area (Å²) >= 11 is 1.45. The molecule has 3 aliphatic rings. The second kappa shape index (κ2) is 11.3. The van der Waals surface area contributed by atoms with E-state index in [2.05, 4.69) is 24.1 Å². The molecule has 1 saturated heterocycles. The Balaban J connectivity index is 1.20. The van der Waals surface area contributed by atoms with Crippen molar-refractivity contribution in [3.63, 3.8) is 0 Å². The SMILES string of the molecule is CCS(=O)(=O)c1ccc(CC(=O)Nc2nc3c(s2)CN(C[C@@H]2CCC(C(F)(F)F)N(C4CC4)C2)C3C(C)C)cc1. The minimum absolute atomic E-state index is 0.0223. The molecule has 1 N–H and O–H groups in total. The lowest BCUT2D eigenvalue weighted by Crippen LogP contribution is -2.53. The van der Waals surface area contributed by atoms with Gasteiger partial charge in [-0.2, -0.15) is 13.2 Å². The zero-order chi connectivity index (χ0) is 28.8. The fourth-order valence-electron chi connectivity index (χ4n) is 6.18. The predicted molar refractivity (Wildman–Crippen MR) is 149 cm³/mol. The van der Waals surface area contributed by atoms with Gasteiger partial charge >= 0.3 is 6.18 Å². The van der Waals surface area contributed by atoms with Gasteiger partial charge in [-0.3, -0.25) is 14.6 Å². The number of nitrogens with zero attached hydrogens (tertiary/aromatic N) is 3. The van der Waals surface area contributed by atoms with Crippen molar-refractivity contribution < 1.29 is 26.4 Å². The number of anilines is 1. The van der Waals surface area contributed by atoms with Crippen LogP contribution in [-0.4, -0.2) is 66.2 Å². The Morgan fingerprint density at radius 2 is 1.85 bits per heavy atom. The highest BCUT2D eigenvalue weighted by Crippen LogP contribution is 2.45. The second-order valence-corrected chi connectivity index (χ2v) is 15.0. The van der Waals surface area contributed by atoms with Gasteiger partial charge in [-0.15, -0.1) is 11.3 Å². The van der Waals surface area contributed by atoms with Crippen LogP contribution in [0.15, 0.2) is 29.2 Å². The van der Waals surface area contributed by atoms with Crippen LogP contribution in [0.3, 0.4) is 0 Å². The van der Waals surface area contributed by atoms with Crippen LogP contribution in [0.2, 0.25) is 0 Å². The van der Waals surface area contributed by atoms with Gasteiger partial charge in [0, 0.05) is 30.6 Å². The van der Waals surface area contributed by atoms with Crippen molar-refractivity contribution in [1.29, 1.82) is 0 Å². The first-order chi connectivity index (χ1) is 18.9. The number of likely N-dealkylation sites (tertiary alicyclic amines) is 1. The molecule has 5 rings (SSSR count). The highest BCUT2D eigenvalue weighted by atomic mass is 32.2. The molecule has 1 amide bonds.